The summed E-state index contributed by atoms with van der Waals surface area (Å²) in [6.07, 6.45) is 0. The van der Waals surface area contributed by atoms with E-state index in [1.165, 1.54) is 6.07 Å². The van der Waals surface area contributed by atoms with Crippen LogP contribution in [-0.2, 0) is 10.0 Å². The Bertz CT molecular complexity index is 1280. The monoisotopic (exact) mass is 480 g/mol. The van der Waals surface area contributed by atoms with Crippen LogP contribution in [-0.4, -0.2) is 21.4 Å². The average Bonchev–Trinajstić information content (AvgIpc) is 2.78. The molecule has 0 bridgehead atoms. The number of sulfonamides is 1. The number of amides is 1. The molecule has 1 atom stereocenters. The van der Waals surface area contributed by atoms with E-state index < -0.39 is 10.0 Å². The molecule has 3 rings (SSSR count). The SMILES string of the molecule is COc1cc(C)c([C@H](C)NC(=O)c2cccc(NS(=O)(=O)c3ccc(C)cc3)c2)cc1C(C)C. The highest BCUT2D eigenvalue weighted by molar-refractivity contribution is 7.92. The summed E-state index contributed by atoms with van der Waals surface area (Å²) < 4.78 is 33.5. The summed E-state index contributed by atoms with van der Waals surface area (Å²) in [4.78, 5) is 13.2. The van der Waals surface area contributed by atoms with Crippen LogP contribution in [0.15, 0.2) is 65.6 Å². The van der Waals surface area contributed by atoms with E-state index in [0.717, 1.165) is 28.0 Å². The molecule has 0 aliphatic rings. The van der Waals surface area contributed by atoms with Gasteiger partial charge in [-0.15, -0.1) is 0 Å². The molecule has 1 amide bonds. The number of rotatable bonds is 8. The van der Waals surface area contributed by atoms with E-state index in [4.69, 9.17) is 4.74 Å². The lowest BCUT2D eigenvalue weighted by molar-refractivity contribution is 0.0940. The molecule has 0 saturated heterocycles. The van der Waals surface area contributed by atoms with Crippen molar-refractivity contribution < 1.29 is 17.9 Å². The third kappa shape index (κ3) is 5.78. The molecule has 0 aliphatic carbocycles. The normalized spacial score (nSPS) is 12.3. The molecule has 6 nitrogen and oxygen atoms in total. The Hall–Kier alpha value is -3.32. The van der Waals surface area contributed by atoms with Gasteiger partial charge in [0.2, 0.25) is 0 Å². The lowest BCUT2D eigenvalue weighted by atomic mass is 9.93. The van der Waals surface area contributed by atoms with Crippen molar-refractivity contribution in [3.05, 3.63) is 88.5 Å². The van der Waals surface area contributed by atoms with Crippen LogP contribution in [0.3, 0.4) is 0 Å². The molecule has 0 aliphatic heterocycles. The number of carbonyl (C=O) groups is 1. The van der Waals surface area contributed by atoms with Gasteiger partial charge >= 0.3 is 0 Å². The molecule has 0 radical (unpaired) electrons. The van der Waals surface area contributed by atoms with Crippen molar-refractivity contribution in [1.82, 2.24) is 5.32 Å². The van der Waals surface area contributed by atoms with Crippen molar-refractivity contribution in [3.63, 3.8) is 0 Å². The van der Waals surface area contributed by atoms with Crippen molar-refractivity contribution in [2.75, 3.05) is 11.8 Å². The van der Waals surface area contributed by atoms with Crippen molar-refractivity contribution in [3.8, 4) is 5.75 Å². The van der Waals surface area contributed by atoms with Crippen LogP contribution >= 0.6 is 0 Å². The molecule has 180 valence electrons. The zero-order chi connectivity index (χ0) is 25.0. The van der Waals surface area contributed by atoms with Gasteiger partial charge in [-0.2, -0.15) is 0 Å². The molecule has 0 aromatic heterocycles. The fourth-order valence-corrected chi connectivity index (χ4v) is 4.87. The number of benzene rings is 3. The van der Waals surface area contributed by atoms with Crippen LogP contribution in [0.25, 0.3) is 0 Å². The first kappa shape index (κ1) is 25.3. The second-order valence-electron chi connectivity index (χ2n) is 8.80. The summed E-state index contributed by atoms with van der Waals surface area (Å²) in [5.41, 5.74) is 4.77. The molecule has 0 fully saturated rings. The molecule has 7 heteroatoms. The van der Waals surface area contributed by atoms with Crippen LogP contribution in [0, 0.1) is 13.8 Å². The van der Waals surface area contributed by atoms with Crippen LogP contribution in [0.1, 0.15) is 65.3 Å². The van der Waals surface area contributed by atoms with Gasteiger partial charge in [0.25, 0.3) is 15.9 Å². The molecule has 3 aromatic rings. The summed E-state index contributed by atoms with van der Waals surface area (Å²) in [6.45, 7) is 10.0. The van der Waals surface area contributed by atoms with E-state index in [1.54, 1.807) is 49.6 Å². The zero-order valence-corrected chi connectivity index (χ0v) is 21.3. The first-order valence-electron chi connectivity index (χ1n) is 11.2. The number of hydrogen-bond acceptors (Lipinski definition) is 4. The Morgan fingerprint density at radius 3 is 2.21 bits per heavy atom. The van der Waals surface area contributed by atoms with Crippen molar-refractivity contribution in [2.24, 2.45) is 0 Å². The first-order valence-corrected chi connectivity index (χ1v) is 12.7. The number of anilines is 1. The van der Waals surface area contributed by atoms with Gasteiger partial charge in [0, 0.05) is 11.3 Å². The van der Waals surface area contributed by atoms with Crippen LogP contribution < -0.4 is 14.8 Å². The number of aryl methyl sites for hydroxylation is 2. The predicted octanol–water partition coefficient (Wildman–Crippen LogP) is 5.73. The molecule has 0 unspecified atom stereocenters. The van der Waals surface area contributed by atoms with Gasteiger partial charge in [0.15, 0.2) is 0 Å². The van der Waals surface area contributed by atoms with Gasteiger partial charge < -0.3 is 10.1 Å². The van der Waals surface area contributed by atoms with Gasteiger partial charge in [-0.1, -0.05) is 37.6 Å². The molecule has 34 heavy (non-hydrogen) atoms. The average molecular weight is 481 g/mol. The molecular formula is C27H32N2O4S. The van der Waals surface area contributed by atoms with E-state index in [0.29, 0.717) is 11.3 Å². The Balaban J connectivity index is 1.79. The maximum Gasteiger partial charge on any atom is 0.261 e. The van der Waals surface area contributed by atoms with E-state index in [1.807, 2.05) is 26.8 Å². The highest BCUT2D eigenvalue weighted by atomic mass is 32.2. The Morgan fingerprint density at radius 1 is 0.912 bits per heavy atom. The lowest BCUT2D eigenvalue weighted by Gasteiger charge is -2.21. The molecular weight excluding hydrogens is 448 g/mol. The summed E-state index contributed by atoms with van der Waals surface area (Å²) in [5, 5.41) is 3.03. The van der Waals surface area contributed by atoms with E-state index >= 15 is 0 Å². The minimum Gasteiger partial charge on any atom is -0.496 e. The highest BCUT2D eigenvalue weighted by Gasteiger charge is 2.19. The Morgan fingerprint density at radius 2 is 1.59 bits per heavy atom. The number of ether oxygens (including phenoxy) is 1. The van der Waals surface area contributed by atoms with E-state index in [2.05, 4.69) is 30.0 Å². The molecule has 3 aromatic carbocycles. The summed E-state index contributed by atoms with van der Waals surface area (Å²) >= 11 is 0. The maximum absolute atomic E-state index is 13.0. The Labute approximate surface area is 202 Å². The standard InChI is InChI=1S/C27H32N2O4S/c1-17(2)24-16-25(19(4)14-26(24)33-6)20(5)28-27(30)21-8-7-9-22(15-21)29-34(31,32)23-12-10-18(3)11-13-23/h7-17,20,29H,1-6H3,(H,28,30)/t20-/m0/s1. The van der Waals surface area contributed by atoms with Crippen molar-refractivity contribution >= 4 is 21.6 Å². The number of carbonyl (C=O) groups excluding carboxylic acids is 1. The number of hydrogen-bond donors (Lipinski definition) is 2. The maximum atomic E-state index is 13.0. The largest absolute Gasteiger partial charge is 0.496 e. The molecule has 0 spiro atoms. The molecule has 2 N–H and O–H groups in total. The predicted molar refractivity (Wildman–Crippen MR) is 136 cm³/mol. The number of nitrogens with one attached hydrogen (secondary N) is 2. The quantitative estimate of drug-likeness (QED) is 0.431. The van der Waals surface area contributed by atoms with Gasteiger partial charge in [-0.05, 0) is 85.8 Å². The van der Waals surface area contributed by atoms with Crippen LogP contribution in [0.4, 0.5) is 5.69 Å². The van der Waals surface area contributed by atoms with Crippen LogP contribution in [0.2, 0.25) is 0 Å². The zero-order valence-electron chi connectivity index (χ0n) is 20.5. The third-order valence-corrected chi connectivity index (χ3v) is 7.16. The second kappa shape index (κ2) is 10.3. The summed E-state index contributed by atoms with van der Waals surface area (Å²) in [5.74, 6) is 0.823. The highest BCUT2D eigenvalue weighted by Crippen LogP contribution is 2.32. The van der Waals surface area contributed by atoms with Gasteiger partial charge in [0.05, 0.1) is 18.0 Å². The third-order valence-electron chi connectivity index (χ3n) is 5.76. The fourth-order valence-electron chi connectivity index (χ4n) is 3.82. The molecule has 0 saturated carbocycles. The summed E-state index contributed by atoms with van der Waals surface area (Å²) in [7, 11) is -2.10. The van der Waals surface area contributed by atoms with E-state index in [-0.39, 0.29) is 22.8 Å². The minimum absolute atomic E-state index is 0.164. The molecule has 0 heterocycles. The minimum atomic E-state index is -3.76. The fraction of sp³-hybridized carbons (Fsp3) is 0.296. The van der Waals surface area contributed by atoms with Gasteiger partial charge in [-0.3, -0.25) is 9.52 Å². The van der Waals surface area contributed by atoms with Gasteiger partial charge in [-0.25, -0.2) is 8.42 Å². The topological polar surface area (TPSA) is 84.5 Å². The lowest BCUT2D eigenvalue weighted by Crippen LogP contribution is -2.27. The van der Waals surface area contributed by atoms with Crippen LogP contribution in [0.5, 0.6) is 5.75 Å². The second-order valence-corrected chi connectivity index (χ2v) is 10.5. The van der Waals surface area contributed by atoms with Crippen molar-refractivity contribution in [2.45, 2.75) is 51.5 Å². The van der Waals surface area contributed by atoms with Gasteiger partial charge in [0.1, 0.15) is 5.75 Å². The van der Waals surface area contributed by atoms with E-state index in [9.17, 15) is 13.2 Å². The summed E-state index contributed by atoms with van der Waals surface area (Å²) in [6, 6.07) is 16.9. The first-order chi connectivity index (χ1) is 16.0. The Kier molecular flexibility index (Phi) is 7.67. The smallest absolute Gasteiger partial charge is 0.261 e. The van der Waals surface area contributed by atoms with Crippen molar-refractivity contribution in [1.29, 1.82) is 0 Å². The number of methoxy groups -OCH3 is 1.